The molecule has 0 aliphatic heterocycles. The number of ether oxygens (including phenoxy) is 1. The largest absolute Gasteiger partial charge is 0.465 e. The number of carbonyl (C=O) groups is 1. The first-order valence-corrected chi connectivity index (χ1v) is 6.21. The summed E-state index contributed by atoms with van der Waals surface area (Å²) in [5, 5.41) is 10.9. The second kappa shape index (κ2) is 5.48. The van der Waals surface area contributed by atoms with Gasteiger partial charge in [-0.25, -0.2) is 0 Å². The van der Waals surface area contributed by atoms with Crippen LogP contribution in [0.5, 0.6) is 0 Å². The summed E-state index contributed by atoms with van der Waals surface area (Å²) in [7, 11) is 0. The second-order valence-corrected chi connectivity index (χ2v) is 5.12. The van der Waals surface area contributed by atoms with E-state index in [0.29, 0.717) is 10.0 Å². The topological polar surface area (TPSA) is 69.4 Å². The monoisotopic (exact) mass is 315 g/mol. The van der Waals surface area contributed by atoms with Gasteiger partial charge in [0.25, 0.3) is 5.69 Å². The maximum absolute atomic E-state index is 11.8. The minimum Gasteiger partial charge on any atom is -0.465 e. The Kier molecular flexibility index (Phi) is 4.45. The highest BCUT2D eigenvalue weighted by Gasteiger charge is 2.33. The zero-order valence-corrected chi connectivity index (χ0v) is 12.0. The molecule has 0 saturated heterocycles. The van der Waals surface area contributed by atoms with Crippen molar-refractivity contribution >= 4 is 27.6 Å². The van der Waals surface area contributed by atoms with Gasteiger partial charge in [-0.3, -0.25) is 14.9 Å². The molecule has 0 bridgehead atoms. The van der Waals surface area contributed by atoms with Crippen molar-refractivity contribution in [1.29, 1.82) is 0 Å². The lowest BCUT2D eigenvalue weighted by Gasteiger charge is -2.22. The summed E-state index contributed by atoms with van der Waals surface area (Å²) < 4.78 is 5.36. The number of benzene rings is 1. The van der Waals surface area contributed by atoms with Gasteiger partial charge in [0.15, 0.2) is 0 Å². The van der Waals surface area contributed by atoms with E-state index in [-0.39, 0.29) is 12.3 Å². The van der Waals surface area contributed by atoms with Crippen LogP contribution in [0, 0.1) is 10.1 Å². The maximum Gasteiger partial charge on any atom is 0.315 e. The zero-order chi connectivity index (χ0) is 13.9. The van der Waals surface area contributed by atoms with Crippen molar-refractivity contribution in [2.45, 2.75) is 26.2 Å². The highest BCUT2D eigenvalue weighted by Crippen LogP contribution is 2.32. The minimum atomic E-state index is -0.915. The van der Waals surface area contributed by atoms with E-state index in [9.17, 15) is 14.9 Å². The van der Waals surface area contributed by atoms with Gasteiger partial charge < -0.3 is 4.74 Å². The lowest BCUT2D eigenvalue weighted by atomic mass is 9.84. The Labute approximate surface area is 113 Å². The Balaban J connectivity index is 3.21. The number of nitro groups is 1. The molecule has 1 aromatic rings. The van der Waals surface area contributed by atoms with E-state index in [4.69, 9.17) is 4.74 Å². The number of carbonyl (C=O) groups excluding carboxylic acids is 1. The van der Waals surface area contributed by atoms with Gasteiger partial charge in [-0.05, 0) is 48.3 Å². The van der Waals surface area contributed by atoms with E-state index in [0.717, 1.165) is 0 Å². The first-order valence-electron chi connectivity index (χ1n) is 5.42. The lowest BCUT2D eigenvalue weighted by Crippen LogP contribution is -2.31. The van der Waals surface area contributed by atoms with Crippen LogP contribution in [0.4, 0.5) is 5.69 Å². The molecule has 0 aromatic heterocycles. The second-order valence-electron chi connectivity index (χ2n) is 4.27. The standard InChI is InChI=1S/C12H14BrNO4/c1-4-18-11(15)12(2,3)8-5-6-9(13)10(7-8)14(16)17/h5-7H,4H2,1-3H3. The van der Waals surface area contributed by atoms with E-state index < -0.39 is 16.3 Å². The zero-order valence-electron chi connectivity index (χ0n) is 10.4. The van der Waals surface area contributed by atoms with E-state index in [1.807, 2.05) is 0 Å². The van der Waals surface area contributed by atoms with E-state index >= 15 is 0 Å². The number of nitrogens with zero attached hydrogens (tertiary/aromatic N) is 1. The minimum absolute atomic E-state index is 0.0649. The van der Waals surface area contributed by atoms with Crippen LogP contribution >= 0.6 is 15.9 Å². The van der Waals surface area contributed by atoms with Gasteiger partial charge in [0.05, 0.1) is 21.4 Å². The van der Waals surface area contributed by atoms with E-state index in [1.165, 1.54) is 6.07 Å². The van der Waals surface area contributed by atoms with Crippen LogP contribution in [-0.2, 0) is 14.9 Å². The highest BCUT2D eigenvalue weighted by atomic mass is 79.9. The van der Waals surface area contributed by atoms with Gasteiger partial charge in [0.2, 0.25) is 0 Å². The van der Waals surface area contributed by atoms with Crippen molar-refractivity contribution in [3.8, 4) is 0 Å². The number of hydrogen-bond donors (Lipinski definition) is 0. The summed E-state index contributed by atoms with van der Waals surface area (Å²) in [6.07, 6.45) is 0. The third kappa shape index (κ3) is 2.87. The molecular formula is C12H14BrNO4. The molecule has 5 nitrogen and oxygen atoms in total. The smallest absolute Gasteiger partial charge is 0.315 e. The molecule has 0 heterocycles. The average Bonchev–Trinajstić information content (AvgIpc) is 2.29. The SMILES string of the molecule is CCOC(=O)C(C)(C)c1ccc(Br)c([N+](=O)[O-])c1. The van der Waals surface area contributed by atoms with Crippen LogP contribution < -0.4 is 0 Å². The first-order chi connectivity index (χ1) is 8.30. The van der Waals surface area contributed by atoms with Gasteiger partial charge in [0.1, 0.15) is 0 Å². The van der Waals surface area contributed by atoms with Crippen molar-refractivity contribution < 1.29 is 14.5 Å². The molecule has 0 N–H and O–H groups in total. The maximum atomic E-state index is 11.8. The predicted octanol–water partition coefficient (Wildman–Crippen LogP) is 3.20. The van der Waals surface area contributed by atoms with Crippen molar-refractivity contribution in [1.82, 2.24) is 0 Å². The van der Waals surface area contributed by atoms with Crippen LogP contribution in [0.1, 0.15) is 26.3 Å². The summed E-state index contributed by atoms with van der Waals surface area (Å²) >= 11 is 3.11. The summed E-state index contributed by atoms with van der Waals surface area (Å²) in [4.78, 5) is 22.2. The molecule has 0 aliphatic carbocycles. The van der Waals surface area contributed by atoms with Crippen molar-refractivity contribution in [3.63, 3.8) is 0 Å². The summed E-state index contributed by atoms with van der Waals surface area (Å²) in [6.45, 7) is 5.36. The fraction of sp³-hybridized carbons (Fsp3) is 0.417. The fourth-order valence-electron chi connectivity index (χ4n) is 1.47. The Morgan fingerprint density at radius 2 is 2.11 bits per heavy atom. The van der Waals surface area contributed by atoms with Gasteiger partial charge in [-0.15, -0.1) is 0 Å². The summed E-state index contributed by atoms with van der Waals surface area (Å²) in [5.41, 5.74) is -0.428. The van der Waals surface area contributed by atoms with Crippen molar-refractivity contribution in [2.24, 2.45) is 0 Å². The van der Waals surface area contributed by atoms with Crippen LogP contribution in [0.3, 0.4) is 0 Å². The third-order valence-corrected chi connectivity index (χ3v) is 3.32. The highest BCUT2D eigenvalue weighted by molar-refractivity contribution is 9.10. The quantitative estimate of drug-likeness (QED) is 0.486. The Morgan fingerprint density at radius 1 is 1.50 bits per heavy atom. The van der Waals surface area contributed by atoms with Gasteiger partial charge in [-0.2, -0.15) is 0 Å². The number of nitro benzene ring substituents is 1. The van der Waals surface area contributed by atoms with E-state index in [1.54, 1.807) is 32.9 Å². The Bertz CT molecular complexity index is 485. The summed E-state index contributed by atoms with van der Waals surface area (Å²) in [6, 6.07) is 4.63. The molecule has 0 aliphatic rings. The third-order valence-electron chi connectivity index (χ3n) is 2.65. The Hall–Kier alpha value is -1.43. The molecule has 0 unspecified atom stereocenters. The van der Waals surface area contributed by atoms with Crippen molar-refractivity contribution in [3.05, 3.63) is 38.3 Å². The molecule has 0 radical (unpaired) electrons. The Morgan fingerprint density at radius 3 is 2.61 bits per heavy atom. The normalized spacial score (nSPS) is 11.1. The molecule has 1 aromatic carbocycles. The number of halogens is 1. The predicted molar refractivity (Wildman–Crippen MR) is 70.5 cm³/mol. The van der Waals surface area contributed by atoms with Crippen LogP contribution in [-0.4, -0.2) is 17.5 Å². The fourth-order valence-corrected chi connectivity index (χ4v) is 1.86. The lowest BCUT2D eigenvalue weighted by molar-refractivity contribution is -0.385. The van der Waals surface area contributed by atoms with Gasteiger partial charge >= 0.3 is 5.97 Å². The molecule has 18 heavy (non-hydrogen) atoms. The number of esters is 1. The molecule has 1 rings (SSSR count). The first kappa shape index (κ1) is 14.6. The van der Waals surface area contributed by atoms with E-state index in [2.05, 4.69) is 15.9 Å². The van der Waals surface area contributed by atoms with Gasteiger partial charge in [0, 0.05) is 6.07 Å². The molecule has 0 fully saturated rings. The molecular weight excluding hydrogens is 302 g/mol. The number of hydrogen-bond acceptors (Lipinski definition) is 4. The van der Waals surface area contributed by atoms with Crippen molar-refractivity contribution in [2.75, 3.05) is 6.61 Å². The van der Waals surface area contributed by atoms with Gasteiger partial charge in [-0.1, -0.05) is 6.07 Å². The molecule has 0 atom stereocenters. The molecule has 0 spiro atoms. The van der Waals surface area contributed by atoms with Crippen LogP contribution in [0.25, 0.3) is 0 Å². The number of rotatable bonds is 4. The molecule has 0 saturated carbocycles. The molecule has 6 heteroatoms. The summed E-state index contributed by atoms with van der Waals surface area (Å²) in [5.74, 6) is -0.401. The average molecular weight is 316 g/mol. The molecule has 0 amide bonds. The molecule has 98 valence electrons. The van der Waals surface area contributed by atoms with Crippen LogP contribution in [0.2, 0.25) is 0 Å². The van der Waals surface area contributed by atoms with Crippen LogP contribution in [0.15, 0.2) is 22.7 Å².